The highest BCUT2D eigenvalue weighted by Crippen LogP contribution is 2.26. The Morgan fingerprint density at radius 2 is 1.50 bits per heavy atom. The first-order chi connectivity index (χ1) is 18.0. The summed E-state index contributed by atoms with van der Waals surface area (Å²) < 4.78 is 28.5. The van der Waals surface area contributed by atoms with Crippen LogP contribution in [0, 0.1) is 0 Å². The van der Waals surface area contributed by atoms with Crippen LogP contribution >= 0.6 is 23.2 Å². The molecule has 0 radical (unpaired) electrons. The maximum Gasteiger partial charge on any atom is 0.264 e. The fourth-order valence-corrected chi connectivity index (χ4v) is 5.45. The monoisotopic (exact) mass is 575 g/mol. The van der Waals surface area contributed by atoms with Gasteiger partial charge in [0.2, 0.25) is 11.8 Å². The number of hydrogen-bond acceptors (Lipinski definition) is 4. The second-order valence-corrected chi connectivity index (χ2v) is 11.6. The normalized spacial score (nSPS) is 12.9. The van der Waals surface area contributed by atoms with E-state index in [4.69, 9.17) is 23.2 Å². The van der Waals surface area contributed by atoms with Crippen LogP contribution in [0.4, 0.5) is 5.69 Å². The fourth-order valence-electron chi connectivity index (χ4n) is 3.72. The molecular formula is C28H31Cl2N3O4S. The van der Waals surface area contributed by atoms with Gasteiger partial charge in [0.05, 0.1) is 10.6 Å². The smallest absolute Gasteiger partial charge is 0.264 e. The summed E-state index contributed by atoms with van der Waals surface area (Å²) in [7, 11) is -4.15. The molecule has 3 aromatic carbocycles. The van der Waals surface area contributed by atoms with Crippen molar-refractivity contribution in [1.82, 2.24) is 10.2 Å². The second-order valence-electron chi connectivity index (χ2n) is 8.91. The Labute approximate surface area is 234 Å². The topological polar surface area (TPSA) is 86.8 Å². The van der Waals surface area contributed by atoms with Crippen LogP contribution in [0.2, 0.25) is 10.0 Å². The number of halogens is 2. The SMILES string of the molecule is CC[C@H](C)NC(=O)[C@@H](C)N(Cc1ccccc1Cl)C(=O)CN(c1ccccc1)S(=O)(=O)c1ccc(Cl)cc1. The number of amides is 2. The van der Waals surface area contributed by atoms with Crippen LogP contribution in [0.3, 0.4) is 0 Å². The van der Waals surface area contributed by atoms with Crippen LogP contribution < -0.4 is 9.62 Å². The van der Waals surface area contributed by atoms with E-state index in [1.165, 1.54) is 29.2 Å². The molecule has 0 fully saturated rings. The zero-order valence-electron chi connectivity index (χ0n) is 21.5. The minimum Gasteiger partial charge on any atom is -0.352 e. The van der Waals surface area contributed by atoms with Crippen LogP contribution in [0.25, 0.3) is 0 Å². The van der Waals surface area contributed by atoms with E-state index in [1.54, 1.807) is 61.5 Å². The number of sulfonamides is 1. The minimum absolute atomic E-state index is 0.0150. The fraction of sp³-hybridized carbons (Fsp3) is 0.286. The summed E-state index contributed by atoms with van der Waals surface area (Å²) >= 11 is 12.3. The molecule has 2 atom stereocenters. The van der Waals surface area contributed by atoms with E-state index < -0.39 is 28.5 Å². The Hall–Kier alpha value is -3.07. The molecule has 0 saturated carbocycles. The third-order valence-corrected chi connectivity index (χ3v) is 8.60. The van der Waals surface area contributed by atoms with Gasteiger partial charge in [0, 0.05) is 22.6 Å². The quantitative estimate of drug-likeness (QED) is 0.326. The third-order valence-electron chi connectivity index (χ3n) is 6.19. The van der Waals surface area contributed by atoms with E-state index in [0.29, 0.717) is 21.3 Å². The van der Waals surface area contributed by atoms with Crippen molar-refractivity contribution in [2.75, 3.05) is 10.8 Å². The molecule has 0 heterocycles. The number of carbonyl (C=O) groups excluding carboxylic acids is 2. The van der Waals surface area contributed by atoms with Gasteiger partial charge in [-0.2, -0.15) is 0 Å². The van der Waals surface area contributed by atoms with E-state index in [2.05, 4.69) is 5.32 Å². The molecule has 3 rings (SSSR count). The Balaban J connectivity index is 2.01. The van der Waals surface area contributed by atoms with E-state index in [9.17, 15) is 18.0 Å². The van der Waals surface area contributed by atoms with E-state index in [0.717, 1.165) is 10.7 Å². The lowest BCUT2D eigenvalue weighted by Crippen LogP contribution is -2.52. The third kappa shape index (κ3) is 7.28. The van der Waals surface area contributed by atoms with Gasteiger partial charge in [0.1, 0.15) is 12.6 Å². The molecule has 0 unspecified atom stereocenters. The Kier molecular flexibility index (Phi) is 10.2. The first kappa shape index (κ1) is 29.5. The molecule has 0 aliphatic rings. The zero-order chi connectivity index (χ0) is 27.9. The molecule has 38 heavy (non-hydrogen) atoms. The van der Waals surface area contributed by atoms with Gasteiger partial charge in [0.15, 0.2) is 0 Å². The number of anilines is 1. The Morgan fingerprint density at radius 1 is 0.895 bits per heavy atom. The molecule has 0 spiro atoms. The van der Waals surface area contributed by atoms with Gasteiger partial charge in [0.25, 0.3) is 10.0 Å². The number of para-hydroxylation sites is 1. The zero-order valence-corrected chi connectivity index (χ0v) is 23.8. The Morgan fingerprint density at radius 3 is 2.11 bits per heavy atom. The lowest BCUT2D eigenvalue weighted by atomic mass is 10.1. The Bertz CT molecular complexity index is 1350. The van der Waals surface area contributed by atoms with Crippen molar-refractivity contribution in [3.05, 3.63) is 94.5 Å². The van der Waals surface area contributed by atoms with Crippen molar-refractivity contribution < 1.29 is 18.0 Å². The molecular weight excluding hydrogens is 545 g/mol. The highest BCUT2D eigenvalue weighted by molar-refractivity contribution is 7.92. The molecule has 0 aliphatic carbocycles. The van der Waals surface area contributed by atoms with Gasteiger partial charge in [-0.05, 0) is 68.3 Å². The highest BCUT2D eigenvalue weighted by atomic mass is 35.5. The number of nitrogens with zero attached hydrogens (tertiary/aromatic N) is 2. The predicted octanol–water partition coefficient (Wildman–Crippen LogP) is 5.52. The second kappa shape index (κ2) is 13.1. The van der Waals surface area contributed by atoms with Crippen molar-refractivity contribution in [2.24, 2.45) is 0 Å². The summed E-state index contributed by atoms with van der Waals surface area (Å²) in [6, 6.07) is 20.1. The van der Waals surface area contributed by atoms with Crippen molar-refractivity contribution in [2.45, 2.75) is 50.7 Å². The summed E-state index contributed by atoms with van der Waals surface area (Å²) in [6.07, 6.45) is 0.720. The van der Waals surface area contributed by atoms with Gasteiger partial charge >= 0.3 is 0 Å². The minimum atomic E-state index is -4.15. The first-order valence-corrected chi connectivity index (χ1v) is 14.4. The maximum absolute atomic E-state index is 13.9. The number of rotatable bonds is 11. The van der Waals surface area contributed by atoms with Crippen LogP contribution in [0.5, 0.6) is 0 Å². The van der Waals surface area contributed by atoms with Crippen LogP contribution in [0.15, 0.2) is 83.8 Å². The van der Waals surface area contributed by atoms with Gasteiger partial charge in [-0.1, -0.05) is 66.5 Å². The molecule has 7 nitrogen and oxygen atoms in total. The lowest BCUT2D eigenvalue weighted by molar-refractivity contribution is -0.139. The molecule has 10 heteroatoms. The maximum atomic E-state index is 13.9. The van der Waals surface area contributed by atoms with Gasteiger partial charge < -0.3 is 10.2 Å². The van der Waals surface area contributed by atoms with Crippen molar-refractivity contribution >= 4 is 50.7 Å². The molecule has 0 aliphatic heterocycles. The standard InChI is InChI=1S/C28H31Cl2N3O4S/c1-4-20(2)31-28(35)21(3)32(18-22-10-8-9-13-26(22)30)27(34)19-33(24-11-6-5-7-12-24)38(36,37)25-16-14-23(29)15-17-25/h5-17,20-21H,4,18-19H2,1-3H3,(H,31,35)/t20-,21+/m0/s1. The number of hydrogen-bond donors (Lipinski definition) is 1. The van der Waals surface area contributed by atoms with E-state index >= 15 is 0 Å². The summed E-state index contributed by atoms with van der Waals surface area (Å²) in [6.45, 7) is 4.94. The van der Waals surface area contributed by atoms with Gasteiger partial charge in [-0.15, -0.1) is 0 Å². The van der Waals surface area contributed by atoms with Crippen molar-refractivity contribution in [3.8, 4) is 0 Å². The number of nitrogens with one attached hydrogen (secondary N) is 1. The predicted molar refractivity (Wildman–Crippen MR) is 152 cm³/mol. The molecule has 3 aromatic rings. The van der Waals surface area contributed by atoms with Gasteiger partial charge in [-0.25, -0.2) is 8.42 Å². The largest absolute Gasteiger partial charge is 0.352 e. The number of benzene rings is 3. The lowest BCUT2D eigenvalue weighted by Gasteiger charge is -2.32. The van der Waals surface area contributed by atoms with E-state index in [-0.39, 0.29) is 23.4 Å². The summed E-state index contributed by atoms with van der Waals surface area (Å²) in [5, 5.41) is 3.73. The van der Waals surface area contributed by atoms with Crippen LogP contribution in [-0.2, 0) is 26.2 Å². The van der Waals surface area contributed by atoms with E-state index in [1.807, 2.05) is 13.8 Å². The van der Waals surface area contributed by atoms with Crippen LogP contribution in [0.1, 0.15) is 32.8 Å². The van der Waals surface area contributed by atoms with Crippen molar-refractivity contribution in [1.29, 1.82) is 0 Å². The highest BCUT2D eigenvalue weighted by Gasteiger charge is 2.33. The summed E-state index contributed by atoms with van der Waals surface area (Å²) in [4.78, 5) is 28.2. The molecule has 0 bridgehead atoms. The summed E-state index contributed by atoms with van der Waals surface area (Å²) in [5.74, 6) is -0.898. The van der Waals surface area contributed by atoms with Gasteiger partial charge in [-0.3, -0.25) is 13.9 Å². The van der Waals surface area contributed by atoms with Crippen LogP contribution in [-0.4, -0.2) is 43.8 Å². The number of carbonyl (C=O) groups is 2. The average molecular weight is 577 g/mol. The summed E-state index contributed by atoms with van der Waals surface area (Å²) in [5.41, 5.74) is 0.947. The average Bonchev–Trinajstić information content (AvgIpc) is 2.91. The molecule has 202 valence electrons. The van der Waals surface area contributed by atoms with Crippen molar-refractivity contribution in [3.63, 3.8) is 0 Å². The molecule has 0 aromatic heterocycles. The molecule has 2 amide bonds. The molecule has 0 saturated heterocycles. The first-order valence-electron chi connectivity index (χ1n) is 12.2. The molecule has 1 N–H and O–H groups in total.